The smallest absolute Gasteiger partial charge is 0.118 e. The van der Waals surface area contributed by atoms with Crippen molar-refractivity contribution in [1.82, 2.24) is 0 Å². The van der Waals surface area contributed by atoms with Gasteiger partial charge < -0.3 is 14.6 Å². The average molecular weight is 248 g/mol. The van der Waals surface area contributed by atoms with Gasteiger partial charge in [0, 0.05) is 12.1 Å². The Morgan fingerprint density at radius 3 is 1.89 bits per heavy atom. The summed E-state index contributed by atoms with van der Waals surface area (Å²) in [4.78, 5) is 0. The Morgan fingerprint density at radius 1 is 1.11 bits per heavy atom. The van der Waals surface area contributed by atoms with E-state index in [1.54, 1.807) is 19.3 Å². The Hall–Kier alpha value is -1.99. The molecule has 0 aromatic carbocycles. The fourth-order valence-corrected chi connectivity index (χ4v) is 1.12. The van der Waals surface area contributed by atoms with E-state index >= 15 is 0 Å². The van der Waals surface area contributed by atoms with Gasteiger partial charge in [-0.1, -0.05) is 13.8 Å². The van der Waals surface area contributed by atoms with Crippen molar-refractivity contribution in [2.24, 2.45) is 5.73 Å². The van der Waals surface area contributed by atoms with Crippen LogP contribution in [-0.2, 0) is 6.54 Å². The highest BCUT2D eigenvalue weighted by molar-refractivity contribution is 5.29. The highest BCUT2D eigenvalue weighted by Crippen LogP contribution is 2.06. The van der Waals surface area contributed by atoms with Gasteiger partial charge in [0.2, 0.25) is 0 Å². The number of nitrogens with two attached hydrogens (primary N) is 1. The van der Waals surface area contributed by atoms with Crippen molar-refractivity contribution >= 4 is 0 Å². The van der Waals surface area contributed by atoms with Gasteiger partial charge in [-0.25, -0.2) is 0 Å². The topological polar surface area (TPSA) is 76.1 Å². The van der Waals surface area contributed by atoms with Crippen LogP contribution in [0.4, 0.5) is 0 Å². The van der Waals surface area contributed by atoms with E-state index in [0.717, 1.165) is 11.3 Å². The lowest BCUT2D eigenvalue weighted by atomic mass is 10.3. The molecule has 0 aliphatic heterocycles. The molecule has 2 aromatic rings. The molecule has 0 atom stereocenters. The number of hydrogen-bond donors (Lipinski definition) is 1. The van der Waals surface area contributed by atoms with E-state index in [1.807, 2.05) is 32.9 Å². The van der Waals surface area contributed by atoms with Gasteiger partial charge in [-0.05, 0) is 26.0 Å². The van der Waals surface area contributed by atoms with Crippen LogP contribution in [0, 0.1) is 25.2 Å². The zero-order valence-electron chi connectivity index (χ0n) is 11.4. The molecule has 0 aliphatic carbocycles. The van der Waals surface area contributed by atoms with E-state index < -0.39 is 0 Å². The molecule has 0 radical (unpaired) electrons. The number of rotatable bonds is 1. The van der Waals surface area contributed by atoms with E-state index in [0.29, 0.717) is 17.9 Å². The molecule has 2 heterocycles. The van der Waals surface area contributed by atoms with Crippen molar-refractivity contribution < 1.29 is 8.83 Å². The Labute approximate surface area is 108 Å². The molecule has 0 saturated carbocycles. The molecule has 0 spiro atoms. The van der Waals surface area contributed by atoms with Gasteiger partial charge in [0.05, 0.1) is 18.1 Å². The minimum absolute atomic E-state index is 0.572. The first-order chi connectivity index (χ1) is 8.69. The maximum absolute atomic E-state index is 8.30. The zero-order chi connectivity index (χ0) is 14.0. The summed E-state index contributed by atoms with van der Waals surface area (Å²) in [6.07, 6.45) is 3.16. The molecular formula is C14H20N2O2. The fraction of sp³-hybridized carbons (Fsp3) is 0.357. The molecule has 4 nitrogen and oxygen atoms in total. The van der Waals surface area contributed by atoms with Crippen molar-refractivity contribution in [3.8, 4) is 6.07 Å². The first kappa shape index (κ1) is 16.0. The summed E-state index contributed by atoms with van der Waals surface area (Å²) in [6, 6.07) is 5.51. The lowest BCUT2D eigenvalue weighted by Crippen LogP contribution is -1.94. The number of nitriles is 1. The van der Waals surface area contributed by atoms with E-state index in [1.165, 1.54) is 6.26 Å². The second kappa shape index (κ2) is 9.08. The van der Waals surface area contributed by atoms with Crippen molar-refractivity contribution in [2.45, 2.75) is 34.2 Å². The van der Waals surface area contributed by atoms with Gasteiger partial charge in [0.1, 0.15) is 17.6 Å². The van der Waals surface area contributed by atoms with E-state index in [9.17, 15) is 0 Å². The summed E-state index contributed by atoms with van der Waals surface area (Å²) in [5, 5.41) is 8.30. The average Bonchev–Trinajstić information content (AvgIpc) is 3.00. The monoisotopic (exact) mass is 248 g/mol. The second-order valence-electron chi connectivity index (χ2n) is 3.21. The molecule has 0 fully saturated rings. The van der Waals surface area contributed by atoms with Gasteiger partial charge in [-0.15, -0.1) is 0 Å². The predicted octanol–water partition coefficient (Wildman–Crippen LogP) is 3.53. The Bertz CT molecular complexity index is 477. The van der Waals surface area contributed by atoms with Crippen LogP contribution in [-0.4, -0.2) is 0 Å². The highest BCUT2D eigenvalue weighted by Gasteiger charge is 1.95. The number of aryl methyl sites for hydroxylation is 2. The minimum atomic E-state index is 0.572. The molecule has 0 saturated heterocycles. The van der Waals surface area contributed by atoms with Gasteiger partial charge in [-0.2, -0.15) is 5.26 Å². The molecule has 0 bridgehead atoms. The molecule has 2 rings (SSSR count). The van der Waals surface area contributed by atoms with Crippen LogP contribution in [0.2, 0.25) is 0 Å². The van der Waals surface area contributed by atoms with Crippen LogP contribution >= 0.6 is 0 Å². The summed E-state index contributed by atoms with van der Waals surface area (Å²) in [5.41, 5.74) is 7.04. The van der Waals surface area contributed by atoms with Gasteiger partial charge in [-0.3, -0.25) is 0 Å². The van der Waals surface area contributed by atoms with Gasteiger partial charge >= 0.3 is 0 Å². The van der Waals surface area contributed by atoms with Crippen LogP contribution in [0.1, 0.15) is 36.5 Å². The van der Waals surface area contributed by atoms with Crippen molar-refractivity contribution in [3.63, 3.8) is 0 Å². The first-order valence-corrected chi connectivity index (χ1v) is 5.86. The van der Waals surface area contributed by atoms with Crippen molar-refractivity contribution in [1.29, 1.82) is 5.26 Å². The van der Waals surface area contributed by atoms with Gasteiger partial charge in [0.25, 0.3) is 0 Å². The van der Waals surface area contributed by atoms with E-state index in [-0.39, 0.29) is 0 Å². The maximum atomic E-state index is 8.30. The minimum Gasteiger partial charge on any atom is -0.469 e. The normalized spacial score (nSPS) is 8.44. The van der Waals surface area contributed by atoms with Crippen LogP contribution in [0.15, 0.2) is 33.5 Å². The second-order valence-corrected chi connectivity index (χ2v) is 3.21. The molecule has 0 aliphatic rings. The van der Waals surface area contributed by atoms with Crippen LogP contribution in [0.25, 0.3) is 0 Å². The highest BCUT2D eigenvalue weighted by atomic mass is 16.3. The third kappa shape index (κ3) is 4.89. The Morgan fingerprint density at radius 2 is 1.67 bits per heavy atom. The molecule has 2 N–H and O–H groups in total. The third-order valence-electron chi connectivity index (χ3n) is 2.17. The van der Waals surface area contributed by atoms with Crippen molar-refractivity contribution in [3.05, 3.63) is 47.3 Å². The van der Waals surface area contributed by atoms with Crippen LogP contribution < -0.4 is 5.73 Å². The standard InChI is InChI=1S/C6H9NO.C6H5NO.C2H6/c2*1-5-6(4-7)2-3-8-5;1-2/h2-3H,4,7H2,1H3;2-3H,1H3;1-2H3. The lowest BCUT2D eigenvalue weighted by Gasteiger charge is -1.86. The zero-order valence-corrected chi connectivity index (χ0v) is 11.4. The molecule has 4 heteroatoms. The van der Waals surface area contributed by atoms with Gasteiger partial charge in [0.15, 0.2) is 0 Å². The summed E-state index contributed by atoms with van der Waals surface area (Å²) in [6.45, 7) is 8.24. The Balaban J connectivity index is 0.000000283. The molecule has 98 valence electrons. The summed E-state index contributed by atoms with van der Waals surface area (Å²) in [7, 11) is 0. The SMILES string of the molecule is CC.Cc1occc1C#N.Cc1occc1CN. The fourth-order valence-electron chi connectivity index (χ4n) is 1.12. The van der Waals surface area contributed by atoms with Crippen molar-refractivity contribution in [2.75, 3.05) is 0 Å². The predicted molar refractivity (Wildman–Crippen MR) is 70.8 cm³/mol. The quantitative estimate of drug-likeness (QED) is 0.837. The van der Waals surface area contributed by atoms with E-state index in [2.05, 4.69) is 0 Å². The molecular weight excluding hydrogens is 228 g/mol. The summed E-state index contributed by atoms with van der Waals surface area (Å²) >= 11 is 0. The Kier molecular flexibility index (Phi) is 8.08. The lowest BCUT2D eigenvalue weighted by molar-refractivity contribution is 0.530. The molecule has 0 amide bonds. The maximum Gasteiger partial charge on any atom is 0.118 e. The number of furan rings is 2. The number of hydrogen-bond acceptors (Lipinski definition) is 4. The molecule has 0 unspecified atom stereocenters. The largest absolute Gasteiger partial charge is 0.469 e. The van der Waals surface area contributed by atoms with Crippen LogP contribution in [0.3, 0.4) is 0 Å². The van der Waals surface area contributed by atoms with E-state index in [4.69, 9.17) is 19.8 Å². The first-order valence-electron chi connectivity index (χ1n) is 5.86. The number of nitrogens with zero attached hydrogens (tertiary/aromatic N) is 1. The molecule has 2 aromatic heterocycles. The summed E-state index contributed by atoms with van der Waals surface area (Å²) < 4.78 is 9.81. The summed E-state index contributed by atoms with van der Waals surface area (Å²) in [5.74, 6) is 1.61. The van der Waals surface area contributed by atoms with Crippen LogP contribution in [0.5, 0.6) is 0 Å². The molecule has 18 heavy (non-hydrogen) atoms. The third-order valence-corrected chi connectivity index (χ3v) is 2.17.